The summed E-state index contributed by atoms with van der Waals surface area (Å²) in [6, 6.07) is 0. The lowest BCUT2D eigenvalue weighted by molar-refractivity contribution is -0.139. The van der Waals surface area contributed by atoms with Crippen molar-refractivity contribution in [2.45, 2.75) is 216 Å². The van der Waals surface area contributed by atoms with Crippen molar-refractivity contribution in [3.8, 4) is 0 Å². The first kappa shape index (κ1) is 38.4. The van der Waals surface area contributed by atoms with E-state index in [1.165, 1.54) is 51.4 Å². The Balaban J connectivity index is 1.08. The highest BCUT2D eigenvalue weighted by molar-refractivity contribution is 5.90. The summed E-state index contributed by atoms with van der Waals surface area (Å²) in [6.45, 7) is 4.07. The number of epoxide rings is 2. The molecular weight excluding hydrogens is 572 g/mol. The van der Waals surface area contributed by atoms with Gasteiger partial charge in [-0.15, -0.1) is 0 Å². The molecule has 8 nitrogen and oxygen atoms in total. The van der Waals surface area contributed by atoms with Crippen LogP contribution in [0.25, 0.3) is 0 Å². The Morgan fingerprint density at radius 3 is 1.64 bits per heavy atom. The number of carbonyl (C=O) groups is 1. The molecule has 9 atom stereocenters. The first-order valence-corrected chi connectivity index (χ1v) is 18.7. The molecular formula is C37H66O8. The quantitative estimate of drug-likeness (QED) is 0.0398. The second kappa shape index (κ2) is 21.8. The number of ether oxygens (including phenoxy) is 3. The number of carbonyl (C=O) groups excluding carboxylic acids is 1. The van der Waals surface area contributed by atoms with Gasteiger partial charge in [-0.1, -0.05) is 90.4 Å². The average Bonchev–Trinajstić information content (AvgIpc) is 3.92. The normalized spacial score (nSPS) is 26.8. The Kier molecular flexibility index (Phi) is 18.6. The van der Waals surface area contributed by atoms with Crippen LogP contribution in [0.4, 0.5) is 0 Å². The second-order valence-corrected chi connectivity index (χ2v) is 14.2. The maximum absolute atomic E-state index is 11.7. The molecule has 0 aromatic heterocycles. The van der Waals surface area contributed by atoms with Crippen LogP contribution in [0.5, 0.6) is 0 Å². The lowest BCUT2D eigenvalue weighted by Gasteiger charge is -2.17. The third kappa shape index (κ3) is 16.6. The van der Waals surface area contributed by atoms with Gasteiger partial charge in [0.15, 0.2) is 0 Å². The van der Waals surface area contributed by atoms with Gasteiger partial charge in [-0.25, -0.2) is 4.79 Å². The van der Waals surface area contributed by atoms with Crippen LogP contribution in [0.15, 0.2) is 11.6 Å². The first-order chi connectivity index (χ1) is 21.8. The molecule has 3 aliphatic rings. The minimum absolute atomic E-state index is 0.196. The van der Waals surface area contributed by atoms with E-state index in [1.54, 1.807) is 6.08 Å². The van der Waals surface area contributed by atoms with Gasteiger partial charge in [0, 0.05) is 12.0 Å². The van der Waals surface area contributed by atoms with Crippen LogP contribution in [0.3, 0.4) is 0 Å². The van der Waals surface area contributed by atoms with Gasteiger partial charge in [0.05, 0.1) is 48.8 Å². The van der Waals surface area contributed by atoms with Gasteiger partial charge >= 0.3 is 5.97 Å². The molecule has 3 heterocycles. The number of esters is 1. The Labute approximate surface area is 273 Å². The third-order valence-corrected chi connectivity index (χ3v) is 9.96. The minimum Gasteiger partial charge on any atom is -0.455 e. The number of unbranched alkanes of at least 4 members (excludes halogenated alkanes) is 11. The summed E-state index contributed by atoms with van der Waals surface area (Å²) < 4.78 is 16.7. The van der Waals surface area contributed by atoms with Gasteiger partial charge < -0.3 is 34.6 Å². The topological polar surface area (TPSA) is 132 Å². The molecule has 4 N–H and O–H groups in total. The summed E-state index contributed by atoms with van der Waals surface area (Å²) in [5.74, 6) is -0.311. The van der Waals surface area contributed by atoms with Crippen molar-refractivity contribution in [3.05, 3.63) is 11.6 Å². The van der Waals surface area contributed by atoms with Gasteiger partial charge in [-0.2, -0.15) is 0 Å². The van der Waals surface area contributed by atoms with Crippen molar-refractivity contribution in [3.63, 3.8) is 0 Å². The summed E-state index contributed by atoms with van der Waals surface area (Å²) in [6.07, 6.45) is 23.3. The highest BCUT2D eigenvalue weighted by atomic mass is 16.6. The number of hydrogen-bond donors (Lipinski definition) is 4. The van der Waals surface area contributed by atoms with Crippen molar-refractivity contribution in [1.29, 1.82) is 0 Å². The molecule has 0 aromatic carbocycles. The molecule has 2 fully saturated rings. The number of rotatable bonds is 29. The van der Waals surface area contributed by atoms with Crippen molar-refractivity contribution in [1.82, 2.24) is 0 Å². The van der Waals surface area contributed by atoms with Crippen LogP contribution in [-0.4, -0.2) is 81.3 Å². The van der Waals surface area contributed by atoms with Crippen LogP contribution in [-0.2, 0) is 19.0 Å². The van der Waals surface area contributed by atoms with E-state index >= 15 is 0 Å². The van der Waals surface area contributed by atoms with Crippen LogP contribution in [0.1, 0.15) is 162 Å². The molecule has 8 heteroatoms. The van der Waals surface area contributed by atoms with E-state index in [-0.39, 0.29) is 42.6 Å². The molecule has 0 saturated carbocycles. The molecule has 262 valence electrons. The molecule has 7 unspecified atom stereocenters. The van der Waals surface area contributed by atoms with E-state index in [1.807, 2.05) is 6.92 Å². The summed E-state index contributed by atoms with van der Waals surface area (Å²) in [5, 5.41) is 41.3. The van der Waals surface area contributed by atoms with E-state index in [2.05, 4.69) is 6.92 Å². The van der Waals surface area contributed by atoms with Gasteiger partial charge in [0.25, 0.3) is 0 Å². The molecule has 0 aromatic rings. The van der Waals surface area contributed by atoms with E-state index in [0.717, 1.165) is 70.6 Å². The van der Waals surface area contributed by atoms with E-state index in [0.29, 0.717) is 31.3 Å². The number of aliphatic hydroxyl groups is 4. The molecule has 0 aliphatic carbocycles. The Morgan fingerprint density at radius 1 is 0.600 bits per heavy atom. The zero-order valence-electron chi connectivity index (χ0n) is 28.5. The molecule has 45 heavy (non-hydrogen) atoms. The Hall–Kier alpha value is -1.03. The number of aliphatic hydroxyl groups excluding tert-OH is 4. The molecule has 0 bridgehead atoms. The van der Waals surface area contributed by atoms with Crippen LogP contribution < -0.4 is 0 Å². The first-order valence-electron chi connectivity index (χ1n) is 18.7. The lowest BCUT2D eigenvalue weighted by atomic mass is 9.99. The Morgan fingerprint density at radius 2 is 1.07 bits per heavy atom. The fourth-order valence-corrected chi connectivity index (χ4v) is 6.84. The summed E-state index contributed by atoms with van der Waals surface area (Å²) >= 11 is 0. The maximum Gasteiger partial charge on any atom is 0.334 e. The SMILES string of the molecule is CCCCCCCCCCCC[C@H](O)[C@@H](O)CCC1OC1CCC1OC1CCC(O)CCCCCC(O)CC1=CC(C)OC1=O. The molecule has 3 aliphatic heterocycles. The molecule has 2 saturated heterocycles. The van der Waals surface area contributed by atoms with Crippen molar-refractivity contribution in [2.75, 3.05) is 0 Å². The fourth-order valence-electron chi connectivity index (χ4n) is 6.84. The molecule has 0 spiro atoms. The van der Waals surface area contributed by atoms with Gasteiger partial charge in [-0.3, -0.25) is 0 Å². The minimum atomic E-state index is -0.659. The highest BCUT2D eigenvalue weighted by Gasteiger charge is 2.43. The van der Waals surface area contributed by atoms with Gasteiger partial charge in [0.2, 0.25) is 0 Å². The monoisotopic (exact) mass is 638 g/mol. The predicted octanol–water partition coefficient (Wildman–Crippen LogP) is 6.83. The second-order valence-electron chi connectivity index (χ2n) is 14.2. The Bertz CT molecular complexity index is 833. The molecule has 0 radical (unpaired) electrons. The summed E-state index contributed by atoms with van der Waals surface area (Å²) in [4.78, 5) is 11.7. The van der Waals surface area contributed by atoms with Crippen molar-refractivity contribution in [2.24, 2.45) is 0 Å². The highest BCUT2D eigenvalue weighted by Crippen LogP contribution is 2.37. The molecule has 0 amide bonds. The smallest absolute Gasteiger partial charge is 0.334 e. The van der Waals surface area contributed by atoms with Crippen LogP contribution >= 0.6 is 0 Å². The third-order valence-electron chi connectivity index (χ3n) is 9.96. The zero-order chi connectivity index (χ0) is 32.4. The summed E-state index contributed by atoms with van der Waals surface area (Å²) in [7, 11) is 0. The van der Waals surface area contributed by atoms with Crippen LogP contribution in [0, 0.1) is 0 Å². The van der Waals surface area contributed by atoms with Gasteiger partial charge in [0.1, 0.15) is 6.10 Å². The maximum atomic E-state index is 11.7. The van der Waals surface area contributed by atoms with Crippen molar-refractivity contribution < 1.29 is 39.4 Å². The van der Waals surface area contributed by atoms with E-state index in [4.69, 9.17) is 14.2 Å². The standard InChI is InChI=1S/C37H66O8/c1-3-4-5-6-7-8-9-10-11-15-18-31(40)32(41)20-22-34-36(45-34)24-23-35-33(44-35)21-19-29(38)16-13-12-14-17-30(39)26-28-25-27(2)43-37(28)42/h25,27,29-36,38-41H,3-24,26H2,1-2H3/t27?,29?,30?,31-,32-,33?,34?,35?,36?/m0/s1. The molecule has 3 rings (SSSR count). The zero-order valence-corrected chi connectivity index (χ0v) is 28.5. The number of cyclic esters (lactones) is 1. The lowest BCUT2D eigenvalue weighted by Crippen LogP contribution is -2.26. The van der Waals surface area contributed by atoms with Crippen LogP contribution in [0.2, 0.25) is 0 Å². The van der Waals surface area contributed by atoms with E-state index in [9.17, 15) is 25.2 Å². The van der Waals surface area contributed by atoms with E-state index < -0.39 is 18.3 Å². The van der Waals surface area contributed by atoms with Gasteiger partial charge in [-0.05, 0) is 70.8 Å². The van der Waals surface area contributed by atoms with Crippen molar-refractivity contribution >= 4 is 5.97 Å². The fraction of sp³-hybridized carbons (Fsp3) is 0.919. The average molecular weight is 639 g/mol. The predicted molar refractivity (Wildman–Crippen MR) is 177 cm³/mol. The number of hydrogen-bond acceptors (Lipinski definition) is 8. The largest absolute Gasteiger partial charge is 0.455 e. The summed E-state index contributed by atoms with van der Waals surface area (Å²) in [5.41, 5.74) is 0.580.